The minimum absolute atomic E-state index is 0.0222. The maximum absolute atomic E-state index is 12.3. The lowest BCUT2D eigenvalue weighted by atomic mass is 10.2. The van der Waals surface area contributed by atoms with Gasteiger partial charge in [0.25, 0.3) is 5.56 Å². The number of rotatable bonds is 2. The van der Waals surface area contributed by atoms with Crippen LogP contribution in [-0.2, 0) is 6.54 Å². The summed E-state index contributed by atoms with van der Waals surface area (Å²) in [4.78, 5) is 12.3. The Balaban J connectivity index is 2.03. The van der Waals surface area contributed by atoms with Gasteiger partial charge in [0.1, 0.15) is 5.52 Å². The van der Waals surface area contributed by atoms with Crippen molar-refractivity contribution < 1.29 is 0 Å². The Morgan fingerprint density at radius 3 is 2.68 bits per heavy atom. The van der Waals surface area contributed by atoms with Crippen molar-refractivity contribution in [2.75, 3.05) is 0 Å². The average molecular weight is 318 g/mol. The van der Waals surface area contributed by atoms with Crippen molar-refractivity contribution >= 4 is 21.4 Å². The predicted molar refractivity (Wildman–Crippen MR) is 77.4 cm³/mol. The number of nitrogens with zero attached hydrogens (tertiary/aromatic N) is 3. The van der Waals surface area contributed by atoms with Crippen LogP contribution in [0.15, 0.2) is 52.0 Å². The fraction of sp³-hybridized carbons (Fsp3) is 0.143. The van der Waals surface area contributed by atoms with Crippen LogP contribution in [-0.4, -0.2) is 14.2 Å². The Kier molecular flexibility index (Phi) is 2.98. The van der Waals surface area contributed by atoms with Gasteiger partial charge in [0, 0.05) is 16.9 Å². The lowest BCUT2D eigenvalue weighted by Gasteiger charge is -2.06. The van der Waals surface area contributed by atoms with Gasteiger partial charge < -0.3 is 4.57 Å². The molecule has 0 fully saturated rings. The molecule has 0 bridgehead atoms. The van der Waals surface area contributed by atoms with E-state index in [2.05, 4.69) is 21.0 Å². The second kappa shape index (κ2) is 4.66. The first kappa shape index (κ1) is 12.2. The van der Waals surface area contributed by atoms with E-state index in [1.807, 2.05) is 37.4 Å². The SMILES string of the molecule is Cc1cc2c(=O)n(Cc3ccc(Br)cc3)ccn2n1. The molecule has 1 aromatic carbocycles. The van der Waals surface area contributed by atoms with Gasteiger partial charge in [-0.1, -0.05) is 28.1 Å². The van der Waals surface area contributed by atoms with Gasteiger partial charge in [0.15, 0.2) is 0 Å². The van der Waals surface area contributed by atoms with Gasteiger partial charge in [-0.05, 0) is 30.7 Å². The van der Waals surface area contributed by atoms with E-state index in [0.717, 1.165) is 15.7 Å². The zero-order chi connectivity index (χ0) is 13.4. The van der Waals surface area contributed by atoms with Crippen LogP contribution in [0.25, 0.3) is 5.52 Å². The molecule has 0 radical (unpaired) electrons. The summed E-state index contributed by atoms with van der Waals surface area (Å²) in [5.74, 6) is 0. The first-order valence-corrected chi connectivity index (χ1v) is 6.73. The molecule has 0 aliphatic heterocycles. The maximum atomic E-state index is 12.3. The molecule has 0 unspecified atom stereocenters. The van der Waals surface area contributed by atoms with E-state index < -0.39 is 0 Å². The zero-order valence-corrected chi connectivity index (χ0v) is 12.0. The summed E-state index contributed by atoms with van der Waals surface area (Å²) in [5.41, 5.74) is 2.52. The summed E-state index contributed by atoms with van der Waals surface area (Å²) in [6.07, 6.45) is 3.58. The number of fused-ring (bicyclic) bond motifs is 1. The van der Waals surface area contributed by atoms with Crippen LogP contribution in [0.1, 0.15) is 11.3 Å². The molecule has 4 nitrogen and oxygen atoms in total. The standard InChI is InChI=1S/C14H12BrN3O/c1-10-8-13-14(19)17(6-7-18(13)16-10)9-11-2-4-12(15)5-3-11/h2-8H,9H2,1H3. The minimum atomic E-state index is -0.0222. The molecule has 2 aromatic heterocycles. The molecule has 3 aromatic rings. The van der Waals surface area contributed by atoms with Crippen LogP contribution in [0.2, 0.25) is 0 Å². The quantitative estimate of drug-likeness (QED) is 0.729. The van der Waals surface area contributed by atoms with E-state index in [1.165, 1.54) is 0 Å². The van der Waals surface area contributed by atoms with Crippen molar-refractivity contribution in [2.24, 2.45) is 0 Å². The summed E-state index contributed by atoms with van der Waals surface area (Å²) in [6.45, 7) is 2.44. The van der Waals surface area contributed by atoms with Gasteiger partial charge >= 0.3 is 0 Å². The van der Waals surface area contributed by atoms with Gasteiger partial charge in [-0.2, -0.15) is 5.10 Å². The van der Waals surface area contributed by atoms with Crippen LogP contribution in [0, 0.1) is 6.92 Å². The molecule has 0 N–H and O–H groups in total. The Morgan fingerprint density at radius 1 is 1.21 bits per heavy atom. The second-order valence-corrected chi connectivity index (χ2v) is 5.39. The Bertz CT molecular complexity index is 787. The number of halogens is 1. The first-order valence-electron chi connectivity index (χ1n) is 5.93. The third-order valence-corrected chi connectivity index (χ3v) is 3.52. The molecule has 96 valence electrons. The average Bonchev–Trinajstić information content (AvgIpc) is 2.77. The van der Waals surface area contributed by atoms with Gasteiger partial charge in [0.05, 0.1) is 12.2 Å². The number of aromatic nitrogens is 3. The first-order chi connectivity index (χ1) is 9.13. The topological polar surface area (TPSA) is 39.3 Å². The lowest BCUT2D eigenvalue weighted by molar-refractivity contribution is 0.742. The van der Waals surface area contributed by atoms with Crippen LogP contribution < -0.4 is 5.56 Å². The van der Waals surface area contributed by atoms with Gasteiger partial charge in [-0.25, -0.2) is 4.52 Å². The Labute approximate surface area is 118 Å². The summed E-state index contributed by atoms with van der Waals surface area (Å²) >= 11 is 3.40. The molecule has 0 aliphatic carbocycles. The summed E-state index contributed by atoms with van der Waals surface area (Å²) in [5, 5.41) is 4.23. The summed E-state index contributed by atoms with van der Waals surface area (Å²) in [6, 6.07) is 9.76. The highest BCUT2D eigenvalue weighted by molar-refractivity contribution is 9.10. The van der Waals surface area contributed by atoms with Gasteiger partial charge in [-0.15, -0.1) is 0 Å². The summed E-state index contributed by atoms with van der Waals surface area (Å²) in [7, 11) is 0. The minimum Gasteiger partial charge on any atom is -0.308 e. The summed E-state index contributed by atoms with van der Waals surface area (Å²) < 4.78 is 4.35. The monoisotopic (exact) mass is 317 g/mol. The molecule has 0 spiro atoms. The van der Waals surface area contributed by atoms with E-state index in [1.54, 1.807) is 21.3 Å². The molecule has 0 amide bonds. The normalized spacial score (nSPS) is 11.1. The van der Waals surface area contributed by atoms with Crippen molar-refractivity contribution in [1.82, 2.24) is 14.2 Å². The number of aryl methyl sites for hydroxylation is 1. The third-order valence-electron chi connectivity index (χ3n) is 2.99. The molecular formula is C14H12BrN3O. The highest BCUT2D eigenvalue weighted by atomic mass is 79.9. The van der Waals surface area contributed by atoms with Crippen LogP contribution in [0.4, 0.5) is 0 Å². The van der Waals surface area contributed by atoms with Crippen molar-refractivity contribution in [3.8, 4) is 0 Å². The smallest absolute Gasteiger partial charge is 0.276 e. The van der Waals surface area contributed by atoms with E-state index in [4.69, 9.17) is 0 Å². The number of hydrogen-bond acceptors (Lipinski definition) is 2. The van der Waals surface area contributed by atoms with Crippen LogP contribution in [0.3, 0.4) is 0 Å². The number of hydrogen-bond donors (Lipinski definition) is 0. The van der Waals surface area contributed by atoms with E-state index in [-0.39, 0.29) is 5.56 Å². The largest absolute Gasteiger partial charge is 0.308 e. The van der Waals surface area contributed by atoms with Crippen LogP contribution >= 0.6 is 15.9 Å². The maximum Gasteiger partial charge on any atom is 0.276 e. The van der Waals surface area contributed by atoms with Crippen molar-refractivity contribution in [3.05, 3.63) is 68.8 Å². The van der Waals surface area contributed by atoms with E-state index in [9.17, 15) is 4.79 Å². The van der Waals surface area contributed by atoms with E-state index >= 15 is 0 Å². The van der Waals surface area contributed by atoms with Crippen molar-refractivity contribution in [1.29, 1.82) is 0 Å². The molecule has 3 rings (SSSR count). The van der Waals surface area contributed by atoms with Crippen LogP contribution in [0.5, 0.6) is 0 Å². The molecule has 5 heteroatoms. The molecule has 19 heavy (non-hydrogen) atoms. The van der Waals surface area contributed by atoms with Crippen molar-refractivity contribution in [2.45, 2.75) is 13.5 Å². The molecular weight excluding hydrogens is 306 g/mol. The molecule has 0 saturated heterocycles. The molecule has 0 saturated carbocycles. The Morgan fingerprint density at radius 2 is 1.95 bits per heavy atom. The zero-order valence-electron chi connectivity index (χ0n) is 10.4. The lowest BCUT2D eigenvalue weighted by Crippen LogP contribution is -2.21. The predicted octanol–water partition coefficient (Wildman–Crippen LogP) is 2.62. The molecule has 0 aliphatic rings. The van der Waals surface area contributed by atoms with E-state index in [0.29, 0.717) is 12.1 Å². The molecule has 0 atom stereocenters. The highest BCUT2D eigenvalue weighted by Crippen LogP contribution is 2.11. The molecule has 2 heterocycles. The van der Waals surface area contributed by atoms with Crippen molar-refractivity contribution in [3.63, 3.8) is 0 Å². The number of benzene rings is 1. The second-order valence-electron chi connectivity index (χ2n) is 4.47. The fourth-order valence-corrected chi connectivity index (χ4v) is 2.32. The highest BCUT2D eigenvalue weighted by Gasteiger charge is 2.05. The fourth-order valence-electron chi connectivity index (χ4n) is 2.06. The third kappa shape index (κ3) is 2.33. The van der Waals surface area contributed by atoms with Gasteiger partial charge in [0.2, 0.25) is 0 Å². The Hall–Kier alpha value is -1.88. The van der Waals surface area contributed by atoms with Gasteiger partial charge in [-0.3, -0.25) is 4.79 Å².